The summed E-state index contributed by atoms with van der Waals surface area (Å²) in [5, 5.41) is 20.7. The number of allylic oxidation sites excluding steroid dienone is 24. The molecule has 0 radical (unpaired) electrons. The van der Waals surface area contributed by atoms with E-state index in [2.05, 4.69) is 167 Å². The lowest BCUT2D eigenvalue weighted by Gasteiger charge is -2.21. The molecule has 0 aliphatic carbocycles. The van der Waals surface area contributed by atoms with E-state index in [0.717, 1.165) is 161 Å². The van der Waals surface area contributed by atoms with E-state index in [0.29, 0.717) is 19.3 Å². The van der Waals surface area contributed by atoms with Crippen molar-refractivity contribution in [2.24, 2.45) is 0 Å². The quantitative estimate of drug-likeness (QED) is 0.0146. The third kappa shape index (κ3) is 88.1. The normalized spacial score (nSPS) is 14.5. The van der Waals surface area contributed by atoms with Crippen LogP contribution in [0.4, 0.5) is 0 Å². The molecule has 0 aromatic carbocycles. The minimum Gasteiger partial charge on any atom is -0.463 e. The van der Waals surface area contributed by atoms with Crippen LogP contribution in [0.2, 0.25) is 0 Å². The largest absolute Gasteiger partial charge is 0.472 e. The number of ether oxygens (including phenoxy) is 3. The smallest absolute Gasteiger partial charge is 0.463 e. The van der Waals surface area contributed by atoms with E-state index in [1.807, 2.05) is 0 Å². The molecule has 650 valence electrons. The predicted molar refractivity (Wildman–Crippen MR) is 473 cm³/mol. The zero-order valence-electron chi connectivity index (χ0n) is 71.5. The van der Waals surface area contributed by atoms with E-state index < -0.39 is 91.5 Å². The molecule has 0 spiro atoms. The highest BCUT2D eigenvalue weighted by Crippen LogP contribution is 2.45. The molecule has 0 saturated carbocycles. The van der Waals surface area contributed by atoms with Crippen molar-refractivity contribution < 1.29 is 75.8 Å². The van der Waals surface area contributed by atoms with Gasteiger partial charge in [0.2, 0.25) is 0 Å². The number of hydrogen-bond donors (Lipinski definition) is 4. The van der Waals surface area contributed by atoms with Crippen LogP contribution < -0.4 is 0 Å². The van der Waals surface area contributed by atoms with E-state index in [-0.39, 0.29) is 19.3 Å². The second kappa shape index (κ2) is 86.8. The van der Waals surface area contributed by atoms with Crippen LogP contribution in [-0.2, 0) is 55.8 Å². The van der Waals surface area contributed by atoms with Gasteiger partial charge >= 0.3 is 33.6 Å². The predicted octanol–water partition coefficient (Wildman–Crippen LogP) is 27.6. The standard InChI is InChI=1S/C95H164O16P2/c1-4-7-10-13-16-19-22-25-28-31-34-37-39-40-41-42-43-44-45-46-47-48-50-53-54-57-60-63-66-69-72-75-78-81-93(98)105-84-90(96)85-107-112(101,102)108-86-91(97)87-109-113(103,104)110-89-92(111-95(100)83-80-77-74-71-68-65-62-59-56-51-36-33-30-27-24-21-18-15-12-9-6-3)88-106-94(99)82-79-76-73-70-67-64-61-58-55-52-49-38-35-32-29-26-23-20-17-14-11-8-5-2/h16-21,25-30,34-38,40-41,51-52,55,59,62,90-92,96-97H,4-15,22-24,31-33,39,42-50,53-54,56-58,60-61,63-89H2,1-3H3,(H,101,102)(H,103,104)/b19-16-,20-17-,21-18-,28-25-,29-26-,30-27-,37-34-,38-35-,41-40-,51-36-,55-52-,62-59-. The third-order valence-corrected chi connectivity index (χ3v) is 20.9. The number of carbonyl (C=O) groups is 3. The van der Waals surface area contributed by atoms with Crippen LogP contribution in [0.15, 0.2) is 146 Å². The average molecular weight is 1620 g/mol. The SMILES string of the molecule is CCCCC/C=C\C/C=C\C/C=C\C/C=C\CCCCCCCCCCCCCCCCCCCC(=O)OCC(O)COP(=O)(O)OCC(O)COP(=O)(O)OCC(COC(=O)CCCCCCCCC/C=C\C/C=C\C/C=C\C/C=C\CCCCC)OC(=O)CCCCCCC/C=C\C/C=C\C/C=C\C/C=C\CCCCC. The Morgan fingerprint density at radius 3 is 0.699 bits per heavy atom. The fraction of sp³-hybridized carbons (Fsp3) is 0.716. The minimum atomic E-state index is -4.95. The molecule has 0 heterocycles. The number of aliphatic hydroxyl groups excluding tert-OH is 2. The lowest BCUT2D eigenvalue weighted by molar-refractivity contribution is -0.161. The molecule has 5 atom stereocenters. The summed E-state index contributed by atoms with van der Waals surface area (Å²) in [4.78, 5) is 58.9. The van der Waals surface area contributed by atoms with E-state index in [4.69, 9.17) is 32.3 Å². The second-order valence-corrected chi connectivity index (χ2v) is 32.9. The number of aliphatic hydroxyl groups is 2. The Bertz CT molecular complexity index is 2630. The Hall–Kier alpha value is -4.57. The highest BCUT2D eigenvalue weighted by atomic mass is 31.2. The number of esters is 3. The van der Waals surface area contributed by atoms with Gasteiger partial charge in [-0.25, -0.2) is 9.13 Å². The molecule has 0 amide bonds. The molecule has 113 heavy (non-hydrogen) atoms. The summed E-state index contributed by atoms with van der Waals surface area (Å²) in [6.45, 7) is 2.60. The Kier molecular flexibility index (Phi) is 83.3. The van der Waals surface area contributed by atoms with Crippen molar-refractivity contribution >= 4 is 33.6 Å². The van der Waals surface area contributed by atoms with Crippen LogP contribution >= 0.6 is 15.6 Å². The molecule has 18 heteroatoms. The molecule has 0 fully saturated rings. The van der Waals surface area contributed by atoms with Gasteiger partial charge in [-0.1, -0.05) is 353 Å². The lowest BCUT2D eigenvalue weighted by atomic mass is 10.0. The maximum atomic E-state index is 13.0. The maximum absolute atomic E-state index is 13.0. The lowest BCUT2D eigenvalue weighted by Crippen LogP contribution is -2.30. The molecule has 0 saturated heterocycles. The summed E-state index contributed by atoms with van der Waals surface area (Å²) in [5.74, 6) is -1.60. The molecule has 4 N–H and O–H groups in total. The molecule has 0 bridgehead atoms. The third-order valence-electron chi connectivity index (χ3n) is 19.0. The summed E-state index contributed by atoms with van der Waals surface area (Å²) < 4.78 is 61.4. The van der Waals surface area contributed by atoms with Gasteiger partial charge in [0.15, 0.2) is 6.10 Å². The summed E-state index contributed by atoms with van der Waals surface area (Å²) in [6.07, 6.45) is 109. The van der Waals surface area contributed by atoms with Gasteiger partial charge in [-0.15, -0.1) is 0 Å². The molecular weight excluding hydrogens is 1460 g/mol. The Balaban J connectivity index is 4.57. The van der Waals surface area contributed by atoms with Gasteiger partial charge in [0.25, 0.3) is 0 Å². The molecule has 5 unspecified atom stereocenters. The van der Waals surface area contributed by atoms with E-state index in [1.54, 1.807) is 0 Å². The van der Waals surface area contributed by atoms with Crippen LogP contribution in [0.5, 0.6) is 0 Å². The minimum absolute atomic E-state index is 0.0776. The monoisotopic (exact) mass is 1620 g/mol. The van der Waals surface area contributed by atoms with Crippen molar-refractivity contribution in [3.63, 3.8) is 0 Å². The van der Waals surface area contributed by atoms with Crippen LogP contribution in [0.3, 0.4) is 0 Å². The summed E-state index contributed by atoms with van der Waals surface area (Å²) in [5.41, 5.74) is 0. The van der Waals surface area contributed by atoms with Crippen LogP contribution in [0.25, 0.3) is 0 Å². The molecular formula is C95H164O16P2. The van der Waals surface area contributed by atoms with Gasteiger partial charge in [0.05, 0.1) is 26.4 Å². The van der Waals surface area contributed by atoms with Crippen molar-refractivity contribution in [1.29, 1.82) is 0 Å². The zero-order chi connectivity index (χ0) is 82.2. The molecule has 0 aliphatic rings. The van der Waals surface area contributed by atoms with Crippen LogP contribution in [0, 0.1) is 0 Å². The Morgan fingerprint density at radius 2 is 0.442 bits per heavy atom. The number of rotatable bonds is 85. The number of unbranched alkanes of at least 4 members (excludes halogenated alkanes) is 38. The summed E-state index contributed by atoms with van der Waals surface area (Å²) in [6, 6.07) is 0. The van der Waals surface area contributed by atoms with Crippen molar-refractivity contribution in [3.05, 3.63) is 146 Å². The topological polar surface area (TPSA) is 231 Å². The highest BCUT2D eigenvalue weighted by molar-refractivity contribution is 7.47. The first-order valence-corrected chi connectivity index (χ1v) is 48.1. The summed E-state index contributed by atoms with van der Waals surface area (Å²) in [7, 11) is -9.82. The van der Waals surface area contributed by atoms with Crippen molar-refractivity contribution in [2.75, 3.05) is 39.6 Å². The van der Waals surface area contributed by atoms with Gasteiger partial charge in [0, 0.05) is 19.3 Å². The first-order valence-electron chi connectivity index (χ1n) is 45.1. The zero-order valence-corrected chi connectivity index (χ0v) is 73.3. The van der Waals surface area contributed by atoms with E-state index in [9.17, 15) is 43.5 Å². The highest BCUT2D eigenvalue weighted by Gasteiger charge is 2.29. The first kappa shape index (κ1) is 108. The molecule has 0 aromatic heterocycles. The second-order valence-electron chi connectivity index (χ2n) is 30.0. The number of carbonyl (C=O) groups excluding carboxylic acids is 3. The Morgan fingerprint density at radius 1 is 0.248 bits per heavy atom. The van der Waals surface area contributed by atoms with Gasteiger partial charge in [-0.3, -0.25) is 32.5 Å². The van der Waals surface area contributed by atoms with Crippen LogP contribution in [-0.4, -0.2) is 95.9 Å². The Labute approximate surface area is 689 Å². The maximum Gasteiger partial charge on any atom is 0.472 e. The molecule has 16 nitrogen and oxygen atoms in total. The fourth-order valence-electron chi connectivity index (χ4n) is 12.1. The van der Waals surface area contributed by atoms with Crippen molar-refractivity contribution in [2.45, 2.75) is 399 Å². The van der Waals surface area contributed by atoms with Gasteiger partial charge in [0.1, 0.15) is 25.4 Å². The van der Waals surface area contributed by atoms with Gasteiger partial charge in [-0.05, 0) is 154 Å². The van der Waals surface area contributed by atoms with Crippen molar-refractivity contribution in [1.82, 2.24) is 0 Å². The molecule has 0 aromatic rings. The van der Waals surface area contributed by atoms with Crippen molar-refractivity contribution in [3.8, 4) is 0 Å². The number of hydrogen-bond acceptors (Lipinski definition) is 14. The van der Waals surface area contributed by atoms with Crippen LogP contribution in [0.1, 0.15) is 380 Å². The first-order chi connectivity index (χ1) is 55.2. The number of phosphoric ester groups is 2. The van der Waals surface area contributed by atoms with E-state index >= 15 is 0 Å². The molecule has 0 rings (SSSR count). The molecule has 0 aliphatic heterocycles. The summed E-state index contributed by atoms with van der Waals surface area (Å²) >= 11 is 0. The van der Waals surface area contributed by atoms with Gasteiger partial charge in [-0.2, -0.15) is 0 Å². The fourth-order valence-corrected chi connectivity index (χ4v) is 13.7. The average Bonchev–Trinajstić information content (AvgIpc) is 0.900. The number of phosphoric acid groups is 2. The van der Waals surface area contributed by atoms with Gasteiger partial charge < -0.3 is 34.2 Å². The van der Waals surface area contributed by atoms with E-state index in [1.165, 1.54) is 161 Å².